The highest BCUT2D eigenvalue weighted by Crippen LogP contribution is 2.51. The first-order valence-corrected chi connectivity index (χ1v) is 13.9. The Labute approximate surface area is 213 Å². The Kier molecular flexibility index (Phi) is 6.75. The standard InChI is InChI=1S/C28H39NO7/c1-18(2)17-31-20-12-6-5-11-19(20)29-25(30)23-21-22(34-27(33-21)13-7-3-8-14-27)24-26(32-23)36-28(35-24)15-9-4-10-16-28/h5-6,11-12,18,21-24,26H,3-4,7-10,13-17H2,1-2H3,(H,29,30). The summed E-state index contributed by atoms with van der Waals surface area (Å²) in [4.78, 5) is 13.7. The molecule has 0 aromatic heterocycles. The Hall–Kier alpha value is -1.71. The second-order valence-corrected chi connectivity index (χ2v) is 11.4. The third-order valence-corrected chi connectivity index (χ3v) is 8.08. The average molecular weight is 502 g/mol. The van der Waals surface area contributed by atoms with Gasteiger partial charge in [-0.2, -0.15) is 0 Å². The van der Waals surface area contributed by atoms with Crippen molar-refractivity contribution >= 4 is 11.6 Å². The van der Waals surface area contributed by atoms with E-state index in [9.17, 15) is 4.79 Å². The Bertz CT molecular complexity index is 940. The highest BCUT2D eigenvalue weighted by Gasteiger charge is 2.65. The molecule has 5 atom stereocenters. The maximum absolute atomic E-state index is 13.7. The van der Waals surface area contributed by atoms with Crippen LogP contribution in [0.4, 0.5) is 5.69 Å². The van der Waals surface area contributed by atoms with Crippen LogP contribution < -0.4 is 10.1 Å². The van der Waals surface area contributed by atoms with Gasteiger partial charge in [-0.25, -0.2) is 0 Å². The molecule has 2 aliphatic carbocycles. The Morgan fingerprint density at radius 1 is 0.889 bits per heavy atom. The van der Waals surface area contributed by atoms with Crippen LogP contribution in [0.3, 0.4) is 0 Å². The molecule has 3 heterocycles. The maximum atomic E-state index is 13.7. The molecule has 3 saturated heterocycles. The molecule has 2 spiro atoms. The van der Waals surface area contributed by atoms with Crippen LogP contribution in [0.2, 0.25) is 0 Å². The molecule has 5 unspecified atom stereocenters. The molecule has 0 bridgehead atoms. The van der Waals surface area contributed by atoms with Crippen molar-refractivity contribution in [2.24, 2.45) is 5.92 Å². The Morgan fingerprint density at radius 3 is 2.19 bits per heavy atom. The van der Waals surface area contributed by atoms with Crippen LogP contribution in [0.25, 0.3) is 0 Å². The van der Waals surface area contributed by atoms with Gasteiger partial charge in [-0.15, -0.1) is 0 Å². The van der Waals surface area contributed by atoms with Crippen LogP contribution in [0.1, 0.15) is 78.1 Å². The van der Waals surface area contributed by atoms with E-state index in [4.69, 9.17) is 28.4 Å². The zero-order chi connectivity index (χ0) is 24.8. The van der Waals surface area contributed by atoms with E-state index in [0.717, 1.165) is 51.4 Å². The van der Waals surface area contributed by atoms with Crippen LogP contribution >= 0.6 is 0 Å². The number of hydrogen-bond acceptors (Lipinski definition) is 7. The number of carbonyl (C=O) groups is 1. The van der Waals surface area contributed by atoms with Crippen molar-refractivity contribution in [2.75, 3.05) is 11.9 Å². The van der Waals surface area contributed by atoms with E-state index in [2.05, 4.69) is 19.2 Å². The number of fused-ring (bicyclic) bond motifs is 3. The smallest absolute Gasteiger partial charge is 0.256 e. The summed E-state index contributed by atoms with van der Waals surface area (Å²) in [5.74, 6) is -0.594. The van der Waals surface area contributed by atoms with Crippen molar-refractivity contribution in [3.8, 4) is 5.75 Å². The molecule has 1 amide bonds. The SMILES string of the molecule is CC(C)COc1ccccc1NC(=O)C1OC2OC3(CCCCC3)OC2C2OC3(CCCCC3)OC12. The number of para-hydroxylation sites is 2. The van der Waals surface area contributed by atoms with Gasteiger partial charge in [0.1, 0.15) is 24.1 Å². The normalized spacial score (nSPS) is 34.5. The predicted molar refractivity (Wildman–Crippen MR) is 131 cm³/mol. The van der Waals surface area contributed by atoms with E-state index < -0.39 is 42.3 Å². The van der Waals surface area contributed by atoms with Crippen molar-refractivity contribution in [3.63, 3.8) is 0 Å². The summed E-state index contributed by atoms with van der Waals surface area (Å²) in [5, 5.41) is 3.04. The van der Waals surface area contributed by atoms with Crippen LogP contribution in [0.15, 0.2) is 24.3 Å². The van der Waals surface area contributed by atoms with Gasteiger partial charge in [-0.3, -0.25) is 4.79 Å². The Morgan fingerprint density at radius 2 is 1.50 bits per heavy atom. The Balaban J connectivity index is 1.25. The molecule has 8 nitrogen and oxygen atoms in total. The van der Waals surface area contributed by atoms with Gasteiger partial charge in [-0.05, 0) is 43.7 Å². The summed E-state index contributed by atoms with van der Waals surface area (Å²) in [6.07, 6.45) is 6.99. The van der Waals surface area contributed by atoms with Gasteiger partial charge in [0.2, 0.25) is 0 Å². The highest BCUT2D eigenvalue weighted by atomic mass is 16.9. The third kappa shape index (κ3) is 4.67. The molecule has 3 aliphatic heterocycles. The molecule has 36 heavy (non-hydrogen) atoms. The molecule has 5 aliphatic rings. The second-order valence-electron chi connectivity index (χ2n) is 11.4. The average Bonchev–Trinajstić information content (AvgIpc) is 3.41. The monoisotopic (exact) mass is 501 g/mol. The lowest BCUT2D eigenvalue weighted by Gasteiger charge is -2.36. The second kappa shape index (κ2) is 9.87. The number of amides is 1. The van der Waals surface area contributed by atoms with Crippen molar-refractivity contribution in [3.05, 3.63) is 24.3 Å². The molecule has 198 valence electrons. The molecule has 8 heteroatoms. The van der Waals surface area contributed by atoms with Crippen LogP contribution in [-0.4, -0.2) is 54.8 Å². The quantitative estimate of drug-likeness (QED) is 0.614. The lowest BCUT2D eigenvalue weighted by Crippen LogP contribution is -2.58. The first kappa shape index (κ1) is 24.6. The molecule has 1 aromatic carbocycles. The number of rotatable bonds is 5. The van der Waals surface area contributed by atoms with Crippen LogP contribution in [0.5, 0.6) is 5.75 Å². The molecule has 5 fully saturated rings. The van der Waals surface area contributed by atoms with Gasteiger partial charge in [0, 0.05) is 25.7 Å². The van der Waals surface area contributed by atoms with E-state index in [0.29, 0.717) is 24.0 Å². The summed E-state index contributed by atoms with van der Waals surface area (Å²) >= 11 is 0. The third-order valence-electron chi connectivity index (χ3n) is 8.08. The number of carbonyl (C=O) groups excluding carboxylic acids is 1. The van der Waals surface area contributed by atoms with Gasteiger partial charge in [-0.1, -0.05) is 38.8 Å². The lowest BCUT2D eigenvalue weighted by atomic mass is 9.94. The number of ether oxygens (including phenoxy) is 6. The van der Waals surface area contributed by atoms with Gasteiger partial charge in [0.15, 0.2) is 24.0 Å². The van der Waals surface area contributed by atoms with Gasteiger partial charge in [0.05, 0.1) is 12.3 Å². The number of benzene rings is 1. The fourth-order valence-corrected chi connectivity index (χ4v) is 6.32. The minimum atomic E-state index is -0.877. The van der Waals surface area contributed by atoms with Crippen molar-refractivity contribution in [2.45, 2.75) is 120 Å². The summed E-state index contributed by atoms with van der Waals surface area (Å²) < 4.78 is 38.5. The van der Waals surface area contributed by atoms with Gasteiger partial charge >= 0.3 is 0 Å². The summed E-state index contributed by atoms with van der Waals surface area (Å²) in [5.41, 5.74) is 0.615. The molecule has 6 rings (SSSR count). The number of anilines is 1. The zero-order valence-corrected chi connectivity index (χ0v) is 21.4. The van der Waals surface area contributed by atoms with Gasteiger partial charge < -0.3 is 33.7 Å². The molecule has 0 radical (unpaired) electrons. The van der Waals surface area contributed by atoms with Crippen molar-refractivity contribution in [1.82, 2.24) is 0 Å². The van der Waals surface area contributed by atoms with Crippen molar-refractivity contribution in [1.29, 1.82) is 0 Å². The minimum absolute atomic E-state index is 0.284. The summed E-state index contributed by atoms with van der Waals surface area (Å²) in [6, 6.07) is 7.49. The fourth-order valence-electron chi connectivity index (χ4n) is 6.32. The van der Waals surface area contributed by atoms with E-state index in [1.807, 2.05) is 24.3 Å². The molecular formula is C28H39NO7. The first-order valence-electron chi connectivity index (χ1n) is 13.9. The van der Waals surface area contributed by atoms with E-state index in [1.54, 1.807) is 0 Å². The first-order chi connectivity index (χ1) is 17.5. The van der Waals surface area contributed by atoms with Crippen LogP contribution in [0, 0.1) is 5.92 Å². The molecular weight excluding hydrogens is 462 g/mol. The topological polar surface area (TPSA) is 84.5 Å². The fraction of sp³-hybridized carbons (Fsp3) is 0.750. The summed E-state index contributed by atoms with van der Waals surface area (Å²) in [6.45, 7) is 4.75. The van der Waals surface area contributed by atoms with E-state index >= 15 is 0 Å². The van der Waals surface area contributed by atoms with Crippen molar-refractivity contribution < 1.29 is 33.2 Å². The lowest BCUT2D eigenvalue weighted by molar-refractivity contribution is -0.246. The molecule has 1 aromatic rings. The molecule has 1 N–H and O–H groups in total. The highest BCUT2D eigenvalue weighted by molar-refractivity contribution is 5.96. The largest absolute Gasteiger partial charge is 0.491 e. The number of nitrogens with one attached hydrogen (secondary N) is 1. The number of hydrogen-bond donors (Lipinski definition) is 1. The molecule has 2 saturated carbocycles. The van der Waals surface area contributed by atoms with Gasteiger partial charge in [0.25, 0.3) is 5.91 Å². The predicted octanol–water partition coefficient (Wildman–Crippen LogP) is 4.91. The summed E-state index contributed by atoms with van der Waals surface area (Å²) in [7, 11) is 0. The van der Waals surface area contributed by atoms with Crippen LogP contribution in [-0.2, 0) is 28.5 Å². The maximum Gasteiger partial charge on any atom is 0.256 e. The minimum Gasteiger partial charge on any atom is -0.491 e. The van der Waals surface area contributed by atoms with E-state index in [-0.39, 0.29) is 5.91 Å². The van der Waals surface area contributed by atoms with E-state index in [1.165, 1.54) is 12.8 Å². The zero-order valence-electron chi connectivity index (χ0n) is 21.4.